The van der Waals surface area contributed by atoms with Gasteiger partial charge in [-0.3, -0.25) is 10.1 Å². The van der Waals surface area contributed by atoms with Crippen LogP contribution in [-0.2, 0) is 0 Å². The lowest BCUT2D eigenvalue weighted by Gasteiger charge is -2.07. The Morgan fingerprint density at radius 2 is 2.11 bits per heavy atom. The summed E-state index contributed by atoms with van der Waals surface area (Å²) in [6, 6.07) is 0. The number of aromatic nitrogens is 2. The Kier molecular flexibility index (Phi) is 4.65. The molecule has 100 valence electrons. The van der Waals surface area contributed by atoms with E-state index in [-0.39, 0.29) is 13.0 Å². The first-order valence-corrected chi connectivity index (χ1v) is 5.03. The largest absolute Gasteiger partial charge is 0.473 e. The quantitative estimate of drug-likeness (QED) is 0.360. The average molecular weight is 286 g/mol. The first kappa shape index (κ1) is 14.4. The summed E-state index contributed by atoms with van der Waals surface area (Å²) in [7, 11) is 0. The van der Waals surface area contributed by atoms with Gasteiger partial charge in [0.15, 0.2) is 0 Å². The molecule has 1 aromatic heterocycles. The summed E-state index contributed by atoms with van der Waals surface area (Å²) in [5.41, 5.74) is -0.661. The van der Waals surface area contributed by atoms with E-state index in [1.807, 2.05) is 0 Å². The van der Waals surface area contributed by atoms with Gasteiger partial charge in [-0.15, -0.1) is 0 Å². The van der Waals surface area contributed by atoms with Gasteiger partial charge in [0.1, 0.15) is 6.33 Å². The van der Waals surface area contributed by atoms with E-state index in [0.29, 0.717) is 0 Å². The predicted molar refractivity (Wildman–Crippen MR) is 54.5 cm³/mol. The van der Waals surface area contributed by atoms with E-state index in [9.17, 15) is 23.3 Å². The molecule has 0 fully saturated rings. The fourth-order valence-electron chi connectivity index (χ4n) is 1.04. The lowest BCUT2D eigenvalue weighted by molar-refractivity contribution is -0.386. The minimum absolute atomic E-state index is 0.331. The van der Waals surface area contributed by atoms with Crippen LogP contribution in [0, 0.1) is 10.1 Å². The molecule has 1 aromatic rings. The standard InChI is InChI=1S/C8H7ClF3N3O3/c9-6-5(15(16)17)7(14-4-13-6)18-3-1-2-8(10,11)12/h4H,1-3H2. The third-order valence-electron chi connectivity index (χ3n) is 1.77. The van der Waals surface area contributed by atoms with E-state index in [2.05, 4.69) is 9.97 Å². The normalized spacial score (nSPS) is 11.3. The molecule has 6 nitrogen and oxygen atoms in total. The Morgan fingerprint density at radius 3 is 2.67 bits per heavy atom. The van der Waals surface area contributed by atoms with E-state index < -0.39 is 34.2 Å². The molecule has 0 saturated heterocycles. The monoisotopic (exact) mass is 285 g/mol. The molecule has 0 amide bonds. The van der Waals surface area contributed by atoms with Crippen molar-refractivity contribution in [2.75, 3.05) is 6.61 Å². The summed E-state index contributed by atoms with van der Waals surface area (Å²) in [4.78, 5) is 16.6. The number of nitro groups is 1. The van der Waals surface area contributed by atoms with Gasteiger partial charge in [0.2, 0.25) is 5.15 Å². The van der Waals surface area contributed by atoms with Crippen LogP contribution < -0.4 is 4.74 Å². The highest BCUT2D eigenvalue weighted by Gasteiger charge is 2.27. The Hall–Kier alpha value is -1.64. The molecule has 0 radical (unpaired) electrons. The Bertz CT molecular complexity index is 441. The second kappa shape index (κ2) is 5.80. The topological polar surface area (TPSA) is 78.2 Å². The van der Waals surface area contributed by atoms with Gasteiger partial charge in [-0.25, -0.2) is 4.98 Å². The van der Waals surface area contributed by atoms with Gasteiger partial charge in [-0.1, -0.05) is 11.6 Å². The van der Waals surface area contributed by atoms with E-state index in [4.69, 9.17) is 16.3 Å². The van der Waals surface area contributed by atoms with E-state index in [0.717, 1.165) is 6.33 Å². The van der Waals surface area contributed by atoms with Gasteiger partial charge in [0.05, 0.1) is 11.5 Å². The van der Waals surface area contributed by atoms with Crippen LogP contribution in [0.2, 0.25) is 5.15 Å². The molecule has 0 aliphatic heterocycles. The summed E-state index contributed by atoms with van der Waals surface area (Å²) in [6.07, 6.45) is -4.74. The van der Waals surface area contributed by atoms with Crippen molar-refractivity contribution < 1.29 is 22.8 Å². The molecule has 1 heterocycles. The lowest BCUT2D eigenvalue weighted by Crippen LogP contribution is -2.10. The van der Waals surface area contributed by atoms with Crippen LogP contribution in [0.25, 0.3) is 0 Å². The van der Waals surface area contributed by atoms with E-state index in [1.54, 1.807) is 0 Å². The number of hydrogen-bond acceptors (Lipinski definition) is 5. The van der Waals surface area contributed by atoms with Crippen LogP contribution in [0.3, 0.4) is 0 Å². The molecule has 0 aliphatic rings. The molecular formula is C8H7ClF3N3O3. The number of alkyl halides is 3. The second-order valence-electron chi connectivity index (χ2n) is 3.14. The molecule has 0 unspecified atom stereocenters. The van der Waals surface area contributed by atoms with Crippen molar-refractivity contribution >= 4 is 17.3 Å². The minimum atomic E-state index is -4.29. The highest BCUT2D eigenvalue weighted by atomic mass is 35.5. The Morgan fingerprint density at radius 1 is 1.44 bits per heavy atom. The number of ether oxygens (including phenoxy) is 1. The van der Waals surface area contributed by atoms with Crippen molar-refractivity contribution in [3.8, 4) is 5.88 Å². The van der Waals surface area contributed by atoms with Gasteiger partial charge in [0, 0.05) is 6.42 Å². The van der Waals surface area contributed by atoms with Crippen molar-refractivity contribution in [3.63, 3.8) is 0 Å². The van der Waals surface area contributed by atoms with E-state index >= 15 is 0 Å². The summed E-state index contributed by atoms with van der Waals surface area (Å²) in [5, 5.41) is 10.2. The molecule has 0 spiro atoms. The third-order valence-corrected chi connectivity index (χ3v) is 2.05. The summed E-state index contributed by atoms with van der Waals surface area (Å²) in [6.45, 7) is -0.353. The van der Waals surface area contributed by atoms with Gasteiger partial charge in [-0.2, -0.15) is 18.2 Å². The van der Waals surface area contributed by atoms with E-state index in [1.165, 1.54) is 0 Å². The van der Waals surface area contributed by atoms with Crippen molar-refractivity contribution in [2.45, 2.75) is 19.0 Å². The fraction of sp³-hybridized carbons (Fsp3) is 0.500. The maximum Gasteiger partial charge on any atom is 0.389 e. The van der Waals surface area contributed by atoms with Gasteiger partial charge in [0.25, 0.3) is 5.88 Å². The smallest absolute Gasteiger partial charge is 0.389 e. The molecule has 0 N–H and O–H groups in total. The van der Waals surface area contributed by atoms with Crippen molar-refractivity contribution in [1.29, 1.82) is 0 Å². The first-order chi connectivity index (χ1) is 8.31. The number of nitrogens with zero attached hydrogens (tertiary/aromatic N) is 3. The maximum atomic E-state index is 11.8. The van der Waals surface area contributed by atoms with Crippen LogP contribution in [-0.4, -0.2) is 27.7 Å². The molecule has 0 aliphatic carbocycles. The molecule has 0 bridgehead atoms. The molecular weight excluding hydrogens is 279 g/mol. The van der Waals surface area contributed by atoms with Crippen molar-refractivity contribution in [1.82, 2.24) is 9.97 Å². The number of hydrogen-bond donors (Lipinski definition) is 0. The Labute approximate surface area is 104 Å². The highest BCUT2D eigenvalue weighted by Crippen LogP contribution is 2.30. The second-order valence-corrected chi connectivity index (χ2v) is 3.50. The predicted octanol–water partition coefficient (Wildman–Crippen LogP) is 2.76. The van der Waals surface area contributed by atoms with Gasteiger partial charge in [-0.05, 0) is 6.42 Å². The molecule has 0 aromatic carbocycles. The SMILES string of the molecule is O=[N+]([O-])c1c(Cl)ncnc1OCCCC(F)(F)F. The number of halogens is 4. The van der Waals surface area contributed by atoms with Crippen LogP contribution in [0.1, 0.15) is 12.8 Å². The van der Waals surface area contributed by atoms with Crippen molar-refractivity contribution in [3.05, 3.63) is 21.6 Å². The summed E-state index contributed by atoms with van der Waals surface area (Å²) < 4.78 is 40.3. The van der Waals surface area contributed by atoms with Crippen LogP contribution in [0.4, 0.5) is 18.9 Å². The lowest BCUT2D eigenvalue weighted by atomic mass is 10.3. The van der Waals surface area contributed by atoms with Crippen LogP contribution in [0.5, 0.6) is 5.88 Å². The van der Waals surface area contributed by atoms with Crippen LogP contribution >= 0.6 is 11.6 Å². The maximum absolute atomic E-state index is 11.8. The first-order valence-electron chi connectivity index (χ1n) is 4.65. The average Bonchev–Trinajstić information content (AvgIpc) is 2.22. The summed E-state index contributed by atoms with van der Waals surface area (Å²) >= 11 is 5.46. The zero-order valence-electron chi connectivity index (χ0n) is 8.78. The molecule has 0 saturated carbocycles. The van der Waals surface area contributed by atoms with Gasteiger partial charge < -0.3 is 4.74 Å². The molecule has 1 rings (SSSR count). The van der Waals surface area contributed by atoms with Crippen LogP contribution in [0.15, 0.2) is 6.33 Å². The van der Waals surface area contributed by atoms with Gasteiger partial charge >= 0.3 is 11.9 Å². The van der Waals surface area contributed by atoms with Crippen molar-refractivity contribution in [2.24, 2.45) is 0 Å². The zero-order chi connectivity index (χ0) is 13.8. The highest BCUT2D eigenvalue weighted by molar-refractivity contribution is 6.31. The fourth-order valence-corrected chi connectivity index (χ4v) is 1.24. The third kappa shape index (κ3) is 4.32. The molecule has 0 atom stereocenters. The number of rotatable bonds is 5. The summed E-state index contributed by atoms with van der Waals surface area (Å²) in [5.74, 6) is -0.442. The molecule has 10 heteroatoms. The molecule has 18 heavy (non-hydrogen) atoms. The Balaban J connectivity index is 2.63. The minimum Gasteiger partial charge on any atom is -0.473 e. The zero-order valence-corrected chi connectivity index (χ0v) is 9.53.